The van der Waals surface area contributed by atoms with Crippen LogP contribution in [0.4, 0.5) is 0 Å². The average molecular weight is 197 g/mol. The minimum Gasteiger partial charge on any atom is -0.391 e. The van der Waals surface area contributed by atoms with Gasteiger partial charge < -0.3 is 10.0 Å². The van der Waals surface area contributed by atoms with E-state index in [9.17, 15) is 9.90 Å². The highest BCUT2D eigenvalue weighted by atomic mass is 16.3. The van der Waals surface area contributed by atoms with Crippen LogP contribution in [0.15, 0.2) is 0 Å². The number of hydrogen-bond donors (Lipinski definition) is 1. The fourth-order valence-electron chi connectivity index (χ4n) is 2.56. The molecule has 0 aromatic heterocycles. The van der Waals surface area contributed by atoms with Crippen molar-refractivity contribution < 1.29 is 9.90 Å². The normalized spacial score (nSPS) is 28.6. The first-order valence-corrected chi connectivity index (χ1v) is 5.71. The average Bonchev–Trinajstić information content (AvgIpc) is 2.75. The topological polar surface area (TPSA) is 40.5 Å². The van der Waals surface area contributed by atoms with E-state index in [0.717, 1.165) is 13.0 Å². The summed E-state index contributed by atoms with van der Waals surface area (Å²) >= 11 is 0. The second-order valence-electron chi connectivity index (χ2n) is 4.64. The van der Waals surface area contributed by atoms with Crippen LogP contribution >= 0.6 is 0 Å². The molecule has 0 aromatic rings. The van der Waals surface area contributed by atoms with Crippen molar-refractivity contribution in [1.82, 2.24) is 4.90 Å². The Morgan fingerprint density at radius 1 is 1.29 bits per heavy atom. The Balaban J connectivity index is 1.77. The van der Waals surface area contributed by atoms with Crippen LogP contribution < -0.4 is 0 Å². The molecule has 0 aromatic carbocycles. The molecule has 1 saturated heterocycles. The number of amides is 1. The number of hydrogen-bond acceptors (Lipinski definition) is 2. The molecule has 1 amide bonds. The summed E-state index contributed by atoms with van der Waals surface area (Å²) < 4.78 is 0. The highest BCUT2D eigenvalue weighted by Crippen LogP contribution is 2.28. The monoisotopic (exact) mass is 197 g/mol. The lowest BCUT2D eigenvalue weighted by Crippen LogP contribution is -2.30. The Kier molecular flexibility index (Phi) is 3.06. The molecular weight excluding hydrogens is 178 g/mol. The van der Waals surface area contributed by atoms with Gasteiger partial charge in [-0.15, -0.1) is 0 Å². The summed E-state index contributed by atoms with van der Waals surface area (Å²) in [4.78, 5) is 13.6. The molecule has 3 nitrogen and oxygen atoms in total. The van der Waals surface area contributed by atoms with Gasteiger partial charge in [-0.1, -0.05) is 12.8 Å². The lowest BCUT2D eigenvalue weighted by atomic mass is 10.0. The molecule has 0 unspecified atom stereocenters. The van der Waals surface area contributed by atoms with Crippen molar-refractivity contribution in [1.29, 1.82) is 0 Å². The summed E-state index contributed by atoms with van der Waals surface area (Å²) in [5.74, 6) is 0.883. The maximum Gasteiger partial charge on any atom is 0.222 e. The van der Waals surface area contributed by atoms with Crippen LogP contribution in [0.25, 0.3) is 0 Å². The molecule has 1 aliphatic carbocycles. The Bertz CT molecular complexity index is 211. The van der Waals surface area contributed by atoms with Crippen LogP contribution in [0.5, 0.6) is 0 Å². The molecule has 0 spiro atoms. The summed E-state index contributed by atoms with van der Waals surface area (Å²) in [6.07, 6.45) is 6.23. The predicted molar refractivity (Wildman–Crippen MR) is 53.8 cm³/mol. The Hall–Kier alpha value is -0.570. The van der Waals surface area contributed by atoms with Crippen molar-refractivity contribution >= 4 is 5.91 Å². The van der Waals surface area contributed by atoms with Gasteiger partial charge in [-0.2, -0.15) is 0 Å². The third kappa shape index (κ3) is 2.27. The Morgan fingerprint density at radius 2 is 2.00 bits per heavy atom. The largest absolute Gasteiger partial charge is 0.391 e. The van der Waals surface area contributed by atoms with Gasteiger partial charge in [0.15, 0.2) is 0 Å². The number of likely N-dealkylation sites (tertiary alicyclic amines) is 1. The minimum atomic E-state index is -0.275. The number of carbonyl (C=O) groups excluding carboxylic acids is 1. The van der Waals surface area contributed by atoms with E-state index >= 15 is 0 Å². The van der Waals surface area contributed by atoms with Gasteiger partial charge >= 0.3 is 0 Å². The lowest BCUT2D eigenvalue weighted by molar-refractivity contribution is -0.131. The van der Waals surface area contributed by atoms with Crippen molar-refractivity contribution in [2.75, 3.05) is 13.1 Å². The van der Waals surface area contributed by atoms with Crippen molar-refractivity contribution in [3.8, 4) is 0 Å². The van der Waals surface area contributed by atoms with Gasteiger partial charge in [-0.05, 0) is 25.2 Å². The van der Waals surface area contributed by atoms with E-state index in [2.05, 4.69) is 0 Å². The highest BCUT2D eigenvalue weighted by molar-refractivity contribution is 5.76. The third-order valence-corrected chi connectivity index (χ3v) is 3.45. The molecule has 2 fully saturated rings. The number of aliphatic hydroxyl groups is 1. The molecule has 0 radical (unpaired) electrons. The van der Waals surface area contributed by atoms with Crippen molar-refractivity contribution in [3.05, 3.63) is 0 Å². The summed E-state index contributed by atoms with van der Waals surface area (Å²) in [5.41, 5.74) is 0. The van der Waals surface area contributed by atoms with Crippen molar-refractivity contribution in [3.63, 3.8) is 0 Å². The van der Waals surface area contributed by atoms with Crippen LogP contribution in [0, 0.1) is 5.92 Å². The Morgan fingerprint density at radius 3 is 2.57 bits per heavy atom. The van der Waals surface area contributed by atoms with Gasteiger partial charge in [0.1, 0.15) is 0 Å². The first-order valence-electron chi connectivity index (χ1n) is 5.71. The van der Waals surface area contributed by atoms with E-state index in [4.69, 9.17) is 0 Å². The summed E-state index contributed by atoms with van der Waals surface area (Å²) in [6, 6.07) is 0. The molecule has 2 rings (SSSR count). The van der Waals surface area contributed by atoms with E-state index in [1.54, 1.807) is 0 Å². The van der Waals surface area contributed by atoms with E-state index in [-0.39, 0.29) is 12.0 Å². The summed E-state index contributed by atoms with van der Waals surface area (Å²) in [6.45, 7) is 1.32. The standard InChI is InChI=1S/C11H19NO2/c13-10-5-6-12(8-10)11(14)7-9-3-1-2-4-9/h9-10,13H,1-8H2/t10-/m0/s1. The zero-order valence-corrected chi connectivity index (χ0v) is 8.61. The molecule has 1 saturated carbocycles. The molecule has 80 valence electrons. The van der Waals surface area contributed by atoms with Crippen LogP contribution in [-0.2, 0) is 4.79 Å². The highest BCUT2D eigenvalue weighted by Gasteiger charge is 2.27. The summed E-state index contributed by atoms with van der Waals surface area (Å²) in [5, 5.41) is 9.32. The zero-order chi connectivity index (χ0) is 9.97. The van der Waals surface area contributed by atoms with Crippen LogP contribution in [-0.4, -0.2) is 35.1 Å². The maximum absolute atomic E-state index is 11.8. The minimum absolute atomic E-state index is 0.258. The SMILES string of the molecule is O=C(CC1CCCC1)N1CC[C@H](O)C1. The van der Waals surface area contributed by atoms with Gasteiger partial charge in [0.2, 0.25) is 5.91 Å². The number of β-amino-alcohol motifs (C(OH)–C–C–N with tert-alkyl or cyclic N) is 1. The first-order chi connectivity index (χ1) is 6.75. The molecule has 2 aliphatic rings. The fourth-order valence-corrected chi connectivity index (χ4v) is 2.56. The van der Waals surface area contributed by atoms with Crippen LogP contribution in [0.1, 0.15) is 38.5 Å². The third-order valence-electron chi connectivity index (χ3n) is 3.45. The second kappa shape index (κ2) is 4.30. The van der Waals surface area contributed by atoms with Gasteiger partial charge in [0.25, 0.3) is 0 Å². The molecule has 14 heavy (non-hydrogen) atoms. The van der Waals surface area contributed by atoms with E-state index in [1.807, 2.05) is 4.90 Å². The van der Waals surface area contributed by atoms with E-state index in [1.165, 1.54) is 25.7 Å². The Labute approximate surface area is 85.1 Å². The van der Waals surface area contributed by atoms with Gasteiger partial charge in [-0.3, -0.25) is 4.79 Å². The smallest absolute Gasteiger partial charge is 0.222 e. The quantitative estimate of drug-likeness (QED) is 0.721. The molecule has 1 atom stereocenters. The number of carbonyl (C=O) groups is 1. The predicted octanol–water partition coefficient (Wildman–Crippen LogP) is 1.16. The van der Waals surface area contributed by atoms with Gasteiger partial charge in [-0.25, -0.2) is 0 Å². The number of rotatable bonds is 2. The lowest BCUT2D eigenvalue weighted by Gasteiger charge is -2.17. The molecule has 0 bridgehead atoms. The van der Waals surface area contributed by atoms with Crippen molar-refractivity contribution in [2.45, 2.75) is 44.6 Å². The van der Waals surface area contributed by atoms with Crippen LogP contribution in [0.3, 0.4) is 0 Å². The molecule has 1 N–H and O–H groups in total. The number of aliphatic hydroxyl groups excluding tert-OH is 1. The van der Waals surface area contributed by atoms with Gasteiger partial charge in [0.05, 0.1) is 6.10 Å². The number of nitrogens with zero attached hydrogens (tertiary/aromatic N) is 1. The second-order valence-corrected chi connectivity index (χ2v) is 4.64. The fraction of sp³-hybridized carbons (Fsp3) is 0.909. The van der Waals surface area contributed by atoms with Crippen molar-refractivity contribution in [2.24, 2.45) is 5.92 Å². The van der Waals surface area contributed by atoms with E-state index < -0.39 is 0 Å². The van der Waals surface area contributed by atoms with Gasteiger partial charge in [0, 0.05) is 19.5 Å². The maximum atomic E-state index is 11.8. The van der Waals surface area contributed by atoms with E-state index in [0.29, 0.717) is 18.9 Å². The first kappa shape index (κ1) is 9.97. The summed E-state index contributed by atoms with van der Waals surface area (Å²) in [7, 11) is 0. The molecule has 3 heteroatoms. The zero-order valence-electron chi connectivity index (χ0n) is 8.61. The molecule has 1 aliphatic heterocycles. The molecule has 1 heterocycles. The van der Waals surface area contributed by atoms with Crippen LogP contribution in [0.2, 0.25) is 0 Å². The molecular formula is C11H19NO2.